The molecule has 0 aliphatic carbocycles. The van der Waals surface area contributed by atoms with E-state index in [-0.39, 0.29) is 5.41 Å². The molecule has 0 aliphatic rings. The Kier molecular flexibility index (Phi) is 4.77. The van der Waals surface area contributed by atoms with Gasteiger partial charge in [0.05, 0.1) is 6.54 Å². The molecule has 5 nitrogen and oxygen atoms in total. The molecule has 0 aromatic carbocycles. The Hall–Kier alpha value is -1.40. The quantitative estimate of drug-likeness (QED) is 0.822. The minimum Gasteiger partial charge on any atom is -0.407 e. The SMILES string of the molecule is CC(C)NCc1nnc(NCC(C)(C)c2cccs2)o1. The van der Waals surface area contributed by atoms with E-state index >= 15 is 0 Å². The van der Waals surface area contributed by atoms with Gasteiger partial charge in [0.15, 0.2) is 0 Å². The monoisotopic (exact) mass is 294 g/mol. The molecule has 0 atom stereocenters. The van der Waals surface area contributed by atoms with Crippen LogP contribution in [0.2, 0.25) is 0 Å². The van der Waals surface area contributed by atoms with Gasteiger partial charge in [-0.15, -0.1) is 16.4 Å². The third-order valence-corrected chi connectivity index (χ3v) is 4.23. The first-order chi connectivity index (χ1) is 9.47. The first-order valence-corrected chi connectivity index (χ1v) is 7.69. The van der Waals surface area contributed by atoms with Crippen molar-refractivity contribution in [1.82, 2.24) is 15.5 Å². The molecule has 0 saturated heterocycles. The summed E-state index contributed by atoms with van der Waals surface area (Å²) in [5.74, 6) is 0.607. The molecule has 110 valence electrons. The third-order valence-electron chi connectivity index (χ3n) is 3.00. The maximum atomic E-state index is 5.55. The minimum atomic E-state index is 0.0407. The fraction of sp³-hybridized carbons (Fsp3) is 0.571. The van der Waals surface area contributed by atoms with Gasteiger partial charge in [0.25, 0.3) is 0 Å². The van der Waals surface area contributed by atoms with Crippen LogP contribution in [0.4, 0.5) is 6.01 Å². The van der Waals surface area contributed by atoms with Crippen LogP contribution in [0, 0.1) is 0 Å². The summed E-state index contributed by atoms with van der Waals surface area (Å²) in [6, 6.07) is 5.11. The van der Waals surface area contributed by atoms with E-state index in [1.165, 1.54) is 4.88 Å². The van der Waals surface area contributed by atoms with Crippen LogP contribution >= 0.6 is 11.3 Å². The number of nitrogens with zero attached hydrogens (tertiary/aromatic N) is 2. The van der Waals surface area contributed by atoms with Gasteiger partial charge in [-0.25, -0.2) is 0 Å². The molecular formula is C14H22N4OS. The summed E-state index contributed by atoms with van der Waals surface area (Å²) >= 11 is 1.76. The Labute approximate surface area is 123 Å². The van der Waals surface area contributed by atoms with Crippen molar-refractivity contribution in [3.63, 3.8) is 0 Å². The molecule has 2 aromatic rings. The molecule has 0 bridgehead atoms. The van der Waals surface area contributed by atoms with Gasteiger partial charge in [0.1, 0.15) is 0 Å². The van der Waals surface area contributed by atoms with E-state index in [1.54, 1.807) is 11.3 Å². The average molecular weight is 294 g/mol. The predicted molar refractivity (Wildman–Crippen MR) is 82.1 cm³/mol. The Bertz CT molecular complexity index is 519. The summed E-state index contributed by atoms with van der Waals surface area (Å²) < 4.78 is 5.55. The fourth-order valence-corrected chi connectivity index (χ4v) is 2.59. The van der Waals surface area contributed by atoms with Crippen LogP contribution in [0.1, 0.15) is 38.5 Å². The van der Waals surface area contributed by atoms with E-state index in [2.05, 4.69) is 66.0 Å². The number of anilines is 1. The highest BCUT2D eigenvalue weighted by Gasteiger charge is 2.22. The first-order valence-electron chi connectivity index (χ1n) is 6.81. The van der Waals surface area contributed by atoms with Crippen LogP contribution in [0.3, 0.4) is 0 Å². The van der Waals surface area contributed by atoms with E-state index in [4.69, 9.17) is 4.42 Å². The van der Waals surface area contributed by atoms with Gasteiger partial charge in [-0.3, -0.25) is 0 Å². The zero-order valence-corrected chi connectivity index (χ0v) is 13.3. The highest BCUT2D eigenvalue weighted by atomic mass is 32.1. The smallest absolute Gasteiger partial charge is 0.315 e. The summed E-state index contributed by atoms with van der Waals surface area (Å²) in [5.41, 5.74) is 0.0407. The van der Waals surface area contributed by atoms with Crippen LogP contribution in [0.25, 0.3) is 0 Å². The lowest BCUT2D eigenvalue weighted by Gasteiger charge is -2.22. The molecule has 0 fully saturated rings. The molecule has 6 heteroatoms. The molecule has 0 unspecified atom stereocenters. The Morgan fingerprint density at radius 2 is 2.15 bits per heavy atom. The molecular weight excluding hydrogens is 272 g/mol. The Morgan fingerprint density at radius 1 is 1.35 bits per heavy atom. The second kappa shape index (κ2) is 6.37. The summed E-state index contributed by atoms with van der Waals surface area (Å²) in [6.45, 7) is 9.92. The van der Waals surface area contributed by atoms with Crippen molar-refractivity contribution >= 4 is 17.4 Å². The summed E-state index contributed by atoms with van der Waals surface area (Å²) in [7, 11) is 0. The number of rotatable bonds is 7. The zero-order chi connectivity index (χ0) is 14.6. The van der Waals surface area contributed by atoms with E-state index < -0.39 is 0 Å². The standard InChI is InChI=1S/C14H22N4OS/c1-10(2)15-8-12-17-18-13(19-12)16-9-14(3,4)11-6-5-7-20-11/h5-7,10,15H,8-9H2,1-4H3,(H,16,18). The predicted octanol–water partition coefficient (Wildman–Crippen LogP) is 3.02. The third kappa shape index (κ3) is 4.05. The number of aromatic nitrogens is 2. The Morgan fingerprint density at radius 3 is 2.80 bits per heavy atom. The summed E-state index contributed by atoms with van der Waals surface area (Å²) in [5, 5.41) is 16.6. The molecule has 0 radical (unpaired) electrons. The van der Waals surface area contributed by atoms with Gasteiger partial charge in [0.2, 0.25) is 5.89 Å². The van der Waals surface area contributed by atoms with Crippen molar-refractivity contribution in [1.29, 1.82) is 0 Å². The highest BCUT2D eigenvalue weighted by Crippen LogP contribution is 2.27. The molecule has 2 heterocycles. The van der Waals surface area contributed by atoms with Crippen LogP contribution in [0.15, 0.2) is 21.9 Å². The van der Waals surface area contributed by atoms with E-state index in [9.17, 15) is 0 Å². The highest BCUT2D eigenvalue weighted by molar-refractivity contribution is 7.10. The summed E-state index contributed by atoms with van der Waals surface area (Å²) in [6.07, 6.45) is 0. The molecule has 0 amide bonds. The number of thiophene rings is 1. The molecule has 0 saturated carbocycles. The van der Waals surface area contributed by atoms with Crippen molar-refractivity contribution < 1.29 is 4.42 Å². The van der Waals surface area contributed by atoms with Crippen LogP contribution in [0.5, 0.6) is 0 Å². The summed E-state index contributed by atoms with van der Waals surface area (Å²) in [4.78, 5) is 1.34. The average Bonchev–Trinajstić information content (AvgIpc) is 3.06. The molecule has 0 spiro atoms. The Balaban J connectivity index is 1.88. The second-order valence-electron chi connectivity index (χ2n) is 5.75. The van der Waals surface area contributed by atoms with Crippen molar-refractivity contribution in [2.45, 2.75) is 45.7 Å². The molecule has 2 aromatic heterocycles. The lowest BCUT2D eigenvalue weighted by Crippen LogP contribution is -2.26. The lowest BCUT2D eigenvalue weighted by molar-refractivity contribution is 0.454. The first kappa shape index (κ1) is 15.0. The van der Waals surface area contributed by atoms with Crippen LogP contribution < -0.4 is 10.6 Å². The van der Waals surface area contributed by atoms with Gasteiger partial charge in [-0.2, -0.15) is 0 Å². The minimum absolute atomic E-state index is 0.0407. The van der Waals surface area contributed by atoms with Gasteiger partial charge >= 0.3 is 6.01 Å². The molecule has 2 rings (SSSR count). The topological polar surface area (TPSA) is 63.0 Å². The van der Waals surface area contributed by atoms with E-state index in [1.807, 2.05) is 0 Å². The van der Waals surface area contributed by atoms with Gasteiger partial charge in [-0.1, -0.05) is 38.9 Å². The fourth-order valence-electron chi connectivity index (χ4n) is 1.74. The molecule has 20 heavy (non-hydrogen) atoms. The van der Waals surface area contributed by atoms with Crippen LogP contribution in [-0.4, -0.2) is 22.8 Å². The van der Waals surface area contributed by atoms with Gasteiger partial charge < -0.3 is 15.1 Å². The van der Waals surface area contributed by atoms with Crippen molar-refractivity contribution in [3.8, 4) is 0 Å². The van der Waals surface area contributed by atoms with E-state index in [0.717, 1.165) is 6.54 Å². The number of nitrogens with one attached hydrogen (secondary N) is 2. The van der Waals surface area contributed by atoms with Gasteiger partial charge in [0, 0.05) is 22.9 Å². The maximum Gasteiger partial charge on any atom is 0.315 e. The molecule has 0 aliphatic heterocycles. The lowest BCUT2D eigenvalue weighted by atomic mass is 9.91. The van der Waals surface area contributed by atoms with Gasteiger partial charge in [-0.05, 0) is 11.4 Å². The second-order valence-corrected chi connectivity index (χ2v) is 6.70. The van der Waals surface area contributed by atoms with Crippen molar-refractivity contribution in [2.75, 3.05) is 11.9 Å². The largest absolute Gasteiger partial charge is 0.407 e. The number of hydrogen-bond donors (Lipinski definition) is 2. The van der Waals surface area contributed by atoms with E-state index in [0.29, 0.717) is 24.5 Å². The van der Waals surface area contributed by atoms with Crippen LogP contribution in [-0.2, 0) is 12.0 Å². The zero-order valence-electron chi connectivity index (χ0n) is 12.4. The van der Waals surface area contributed by atoms with Crippen molar-refractivity contribution in [3.05, 3.63) is 28.3 Å². The van der Waals surface area contributed by atoms with Crippen molar-refractivity contribution in [2.24, 2.45) is 0 Å². The maximum absolute atomic E-state index is 5.55. The number of hydrogen-bond acceptors (Lipinski definition) is 6. The molecule has 2 N–H and O–H groups in total. The normalized spacial score (nSPS) is 12.1.